The second kappa shape index (κ2) is 11.9. The van der Waals surface area contributed by atoms with Crippen LogP contribution in [-0.4, -0.2) is 41.4 Å². The van der Waals surface area contributed by atoms with Gasteiger partial charge in [0.2, 0.25) is 11.8 Å². The van der Waals surface area contributed by atoms with Crippen LogP contribution in [0.15, 0.2) is 0 Å². The third-order valence-corrected chi connectivity index (χ3v) is 7.84. The number of nitrogens with one attached hydrogen (secondary N) is 1. The quantitative estimate of drug-likeness (QED) is 0.581. The Morgan fingerprint density at radius 2 is 1.71 bits per heavy atom. The van der Waals surface area contributed by atoms with Gasteiger partial charge in [-0.25, -0.2) is 0 Å². The molecule has 0 spiro atoms. The molecule has 6 nitrogen and oxygen atoms in total. The molecule has 3 fully saturated rings. The lowest BCUT2D eigenvalue weighted by molar-refractivity contribution is -0.120. The minimum absolute atomic E-state index is 0.0888. The van der Waals surface area contributed by atoms with Crippen molar-refractivity contribution in [1.82, 2.24) is 10.2 Å². The number of carbonyl (C=O) groups excluding carboxylic acids is 2. The fourth-order valence-electron chi connectivity index (χ4n) is 5.97. The van der Waals surface area contributed by atoms with E-state index in [-0.39, 0.29) is 17.9 Å². The van der Waals surface area contributed by atoms with E-state index in [1.54, 1.807) is 6.42 Å². The molecule has 2 amide bonds. The van der Waals surface area contributed by atoms with E-state index in [9.17, 15) is 14.9 Å². The molecule has 0 aromatic rings. The molecule has 3 aliphatic rings. The number of hydrogen-bond donors (Lipinski definition) is 2. The zero-order valence-electron chi connectivity index (χ0n) is 19.1. The van der Waals surface area contributed by atoms with Crippen LogP contribution in [0.4, 0.5) is 0 Å². The predicted octanol–water partition coefficient (Wildman–Crippen LogP) is 3.85. The zero-order chi connectivity index (χ0) is 22.1. The van der Waals surface area contributed by atoms with Gasteiger partial charge in [-0.15, -0.1) is 0 Å². The van der Waals surface area contributed by atoms with Crippen LogP contribution < -0.4 is 11.1 Å². The molecule has 1 heterocycles. The molecule has 0 aromatic carbocycles. The first-order chi connectivity index (χ1) is 15.0. The molecule has 1 aliphatic heterocycles. The number of primary amides is 1. The Morgan fingerprint density at radius 3 is 2.32 bits per heavy atom. The third kappa shape index (κ3) is 7.49. The lowest BCUT2D eigenvalue weighted by atomic mass is 9.77. The number of nitrogens with zero attached hydrogens (tertiary/aromatic N) is 2. The molecule has 2 unspecified atom stereocenters. The molecule has 2 aliphatic carbocycles. The lowest BCUT2D eigenvalue weighted by Gasteiger charge is -2.45. The normalized spacial score (nSPS) is 28.7. The molecule has 1 radical (unpaired) electrons. The van der Waals surface area contributed by atoms with Crippen molar-refractivity contribution in [3.8, 4) is 6.07 Å². The highest BCUT2D eigenvalue weighted by Crippen LogP contribution is 2.35. The topological polar surface area (TPSA) is 99.2 Å². The number of nitrogens with two attached hydrogens (primary N) is 1. The fourth-order valence-corrected chi connectivity index (χ4v) is 5.97. The summed E-state index contributed by atoms with van der Waals surface area (Å²) in [5.41, 5.74) is 4.60. The second-order valence-corrected chi connectivity index (χ2v) is 10.2. The standard InChI is InChI=1S/C25H41N4O2/c26-19-25(28-24(31)12-11-20-7-3-1-4-8-20)14-16-29(15-13-23(27)30)22(18-25)17-21-9-5-2-6-10-21/h12,20-22H,1-11,13-18H2,(H2,27,30)(H,28,31). The van der Waals surface area contributed by atoms with Gasteiger partial charge in [-0.3, -0.25) is 14.5 Å². The van der Waals surface area contributed by atoms with Crippen molar-refractivity contribution in [2.75, 3.05) is 13.1 Å². The second-order valence-electron chi connectivity index (χ2n) is 10.2. The van der Waals surface area contributed by atoms with Gasteiger partial charge in [-0.05, 0) is 37.5 Å². The number of carbonyl (C=O) groups is 2. The summed E-state index contributed by atoms with van der Waals surface area (Å²) >= 11 is 0. The van der Waals surface area contributed by atoms with E-state index in [1.807, 2.05) is 0 Å². The van der Waals surface area contributed by atoms with Crippen molar-refractivity contribution in [3.63, 3.8) is 0 Å². The van der Waals surface area contributed by atoms with E-state index >= 15 is 0 Å². The van der Waals surface area contributed by atoms with E-state index in [0.717, 1.165) is 19.4 Å². The molecule has 31 heavy (non-hydrogen) atoms. The minimum atomic E-state index is -0.803. The largest absolute Gasteiger partial charge is 0.370 e. The summed E-state index contributed by atoms with van der Waals surface area (Å²) in [6, 6.07) is 2.69. The van der Waals surface area contributed by atoms with E-state index in [1.165, 1.54) is 64.2 Å². The molecule has 2 atom stereocenters. The van der Waals surface area contributed by atoms with E-state index in [0.29, 0.717) is 37.6 Å². The molecule has 1 saturated heterocycles. The molecule has 3 rings (SSSR count). The first-order valence-corrected chi connectivity index (χ1v) is 12.6. The van der Waals surface area contributed by atoms with Crippen LogP contribution in [0.3, 0.4) is 0 Å². The van der Waals surface area contributed by atoms with Crippen molar-refractivity contribution in [2.45, 2.75) is 108 Å². The van der Waals surface area contributed by atoms with Gasteiger partial charge in [0.1, 0.15) is 5.54 Å². The maximum absolute atomic E-state index is 12.7. The van der Waals surface area contributed by atoms with Crippen molar-refractivity contribution in [2.24, 2.45) is 17.6 Å². The molecule has 3 N–H and O–H groups in total. The molecule has 173 valence electrons. The average Bonchev–Trinajstić information content (AvgIpc) is 2.78. The highest BCUT2D eigenvalue weighted by molar-refractivity contribution is 5.85. The lowest BCUT2D eigenvalue weighted by Crippen LogP contribution is -2.58. The molecular weight excluding hydrogens is 388 g/mol. The monoisotopic (exact) mass is 429 g/mol. The van der Waals surface area contributed by atoms with Crippen LogP contribution in [0.5, 0.6) is 0 Å². The number of piperidine rings is 1. The minimum Gasteiger partial charge on any atom is -0.370 e. The molecule has 2 saturated carbocycles. The Bertz CT molecular complexity index is 634. The highest BCUT2D eigenvalue weighted by Gasteiger charge is 2.42. The maximum Gasteiger partial charge on any atom is 0.225 e. The van der Waals surface area contributed by atoms with E-state index in [2.05, 4.69) is 16.3 Å². The Kier molecular flexibility index (Phi) is 9.19. The summed E-state index contributed by atoms with van der Waals surface area (Å²) in [4.78, 5) is 26.4. The summed E-state index contributed by atoms with van der Waals surface area (Å²) in [5, 5.41) is 13.2. The fraction of sp³-hybridized carbons (Fsp3) is 0.840. The first kappa shape index (κ1) is 24.0. The van der Waals surface area contributed by atoms with Crippen LogP contribution in [0, 0.1) is 29.6 Å². The van der Waals surface area contributed by atoms with Gasteiger partial charge >= 0.3 is 0 Å². The number of nitriles is 1. The summed E-state index contributed by atoms with van der Waals surface area (Å²) in [6.45, 7) is 1.37. The van der Waals surface area contributed by atoms with Crippen LogP contribution in [0.1, 0.15) is 96.3 Å². The Labute approximate surface area is 188 Å². The van der Waals surface area contributed by atoms with Crippen LogP contribution >= 0.6 is 0 Å². The summed E-state index contributed by atoms with van der Waals surface area (Å²) < 4.78 is 0. The first-order valence-electron chi connectivity index (χ1n) is 12.6. The van der Waals surface area contributed by atoms with Gasteiger partial charge in [0.25, 0.3) is 0 Å². The Morgan fingerprint density at radius 1 is 1.06 bits per heavy atom. The predicted molar refractivity (Wildman–Crippen MR) is 122 cm³/mol. The Balaban J connectivity index is 1.58. The van der Waals surface area contributed by atoms with E-state index < -0.39 is 5.54 Å². The maximum atomic E-state index is 12.7. The van der Waals surface area contributed by atoms with Gasteiger partial charge in [0.05, 0.1) is 6.07 Å². The van der Waals surface area contributed by atoms with E-state index in [4.69, 9.17) is 5.73 Å². The number of amides is 2. The van der Waals surface area contributed by atoms with Crippen LogP contribution in [0.2, 0.25) is 0 Å². The van der Waals surface area contributed by atoms with Crippen LogP contribution in [0.25, 0.3) is 0 Å². The van der Waals surface area contributed by atoms with Crippen molar-refractivity contribution >= 4 is 11.8 Å². The molecular formula is C25H41N4O2. The zero-order valence-corrected chi connectivity index (χ0v) is 19.1. The highest BCUT2D eigenvalue weighted by atomic mass is 16.2. The smallest absolute Gasteiger partial charge is 0.225 e. The number of rotatable bonds is 9. The van der Waals surface area contributed by atoms with Crippen molar-refractivity contribution in [3.05, 3.63) is 6.42 Å². The average molecular weight is 430 g/mol. The van der Waals surface area contributed by atoms with Crippen molar-refractivity contribution < 1.29 is 9.59 Å². The third-order valence-electron chi connectivity index (χ3n) is 7.84. The summed E-state index contributed by atoms with van der Waals surface area (Å²) in [7, 11) is 0. The summed E-state index contributed by atoms with van der Waals surface area (Å²) in [6.07, 6.45) is 17.9. The summed E-state index contributed by atoms with van der Waals surface area (Å²) in [5.74, 6) is 0.929. The SMILES string of the molecule is N#CC1(NC(=O)[CH]CC2CCCCC2)CCN(CCC(N)=O)C(CC2CCCCC2)C1. The number of hydrogen-bond acceptors (Lipinski definition) is 4. The van der Waals surface area contributed by atoms with Gasteiger partial charge in [-0.2, -0.15) is 5.26 Å². The van der Waals surface area contributed by atoms with Crippen LogP contribution in [-0.2, 0) is 9.59 Å². The Hall–Kier alpha value is -1.61. The van der Waals surface area contributed by atoms with Gasteiger partial charge in [0.15, 0.2) is 0 Å². The van der Waals surface area contributed by atoms with Gasteiger partial charge in [0, 0.05) is 32.0 Å². The molecule has 0 bridgehead atoms. The number of likely N-dealkylation sites (tertiary alicyclic amines) is 1. The molecule has 6 heteroatoms. The molecule has 0 aromatic heterocycles. The van der Waals surface area contributed by atoms with Crippen molar-refractivity contribution in [1.29, 1.82) is 5.26 Å². The van der Waals surface area contributed by atoms with Gasteiger partial charge in [-0.1, -0.05) is 64.2 Å². The van der Waals surface area contributed by atoms with Gasteiger partial charge < -0.3 is 11.1 Å².